The Bertz CT molecular complexity index is 614. The molecule has 0 heterocycles. The number of alkyl halides is 3. The molecule has 0 spiro atoms. The molecule has 0 bridgehead atoms. The molecule has 8 heteroatoms. The van der Waals surface area contributed by atoms with Gasteiger partial charge in [-0.25, -0.2) is 4.79 Å². The van der Waals surface area contributed by atoms with Crippen molar-refractivity contribution in [2.45, 2.75) is 63.2 Å². The summed E-state index contributed by atoms with van der Waals surface area (Å²) < 4.78 is 38.1. The van der Waals surface area contributed by atoms with Crippen molar-refractivity contribution in [3.05, 3.63) is 35.9 Å². The fourth-order valence-electron chi connectivity index (χ4n) is 3.40. The standard InChI is InChI=1S/C19H25F3N2O3/c20-19(21,22)14-6-8-15(9-7-14)23-18(27)24-16(10-11-17(25)26)12-13-4-2-1-3-5-13/h1-5,14-16H,6-12H2,(H,25,26)(H2,23,24,27). The molecule has 0 aliphatic heterocycles. The normalized spacial score (nSPS) is 21.3. The molecule has 1 aliphatic carbocycles. The lowest BCUT2D eigenvalue weighted by molar-refractivity contribution is -0.182. The molecule has 1 aromatic carbocycles. The minimum absolute atomic E-state index is 0.0148. The second-order valence-corrected chi connectivity index (χ2v) is 7.03. The molecule has 1 unspecified atom stereocenters. The molecular formula is C19H25F3N2O3. The summed E-state index contributed by atoms with van der Waals surface area (Å²) in [5.74, 6) is -2.24. The van der Waals surface area contributed by atoms with Crippen LogP contribution in [0.15, 0.2) is 30.3 Å². The predicted octanol–water partition coefficient (Wildman–Crippen LogP) is 3.88. The Labute approximate surface area is 156 Å². The summed E-state index contributed by atoms with van der Waals surface area (Å²) >= 11 is 0. The van der Waals surface area contributed by atoms with Gasteiger partial charge in [0, 0.05) is 18.5 Å². The Morgan fingerprint density at radius 1 is 1.11 bits per heavy atom. The van der Waals surface area contributed by atoms with E-state index in [9.17, 15) is 22.8 Å². The van der Waals surface area contributed by atoms with Gasteiger partial charge in [0.25, 0.3) is 0 Å². The first-order chi connectivity index (χ1) is 12.7. The van der Waals surface area contributed by atoms with E-state index in [0.717, 1.165) is 5.56 Å². The van der Waals surface area contributed by atoms with Crippen LogP contribution in [0.1, 0.15) is 44.1 Å². The highest BCUT2D eigenvalue weighted by atomic mass is 19.4. The van der Waals surface area contributed by atoms with E-state index in [1.807, 2.05) is 30.3 Å². The summed E-state index contributed by atoms with van der Waals surface area (Å²) in [6, 6.07) is 8.27. The van der Waals surface area contributed by atoms with Gasteiger partial charge in [-0.2, -0.15) is 13.2 Å². The molecule has 2 amide bonds. The minimum Gasteiger partial charge on any atom is -0.481 e. The smallest absolute Gasteiger partial charge is 0.391 e. The lowest BCUT2D eigenvalue weighted by Gasteiger charge is -2.30. The van der Waals surface area contributed by atoms with Crippen molar-refractivity contribution in [3.8, 4) is 0 Å². The molecule has 1 saturated carbocycles. The van der Waals surface area contributed by atoms with Crippen molar-refractivity contribution >= 4 is 12.0 Å². The summed E-state index contributed by atoms with van der Waals surface area (Å²) in [7, 11) is 0. The predicted molar refractivity (Wildman–Crippen MR) is 94.3 cm³/mol. The fraction of sp³-hybridized carbons (Fsp3) is 0.579. The Morgan fingerprint density at radius 3 is 2.30 bits per heavy atom. The van der Waals surface area contributed by atoms with Gasteiger partial charge in [0.15, 0.2) is 0 Å². The van der Waals surface area contributed by atoms with E-state index in [1.165, 1.54) is 0 Å². The molecule has 3 N–H and O–H groups in total. The number of halogens is 3. The van der Waals surface area contributed by atoms with Gasteiger partial charge in [-0.1, -0.05) is 30.3 Å². The number of urea groups is 1. The Kier molecular flexibility index (Phi) is 7.50. The first-order valence-corrected chi connectivity index (χ1v) is 9.13. The number of aliphatic carboxylic acids is 1. The van der Waals surface area contributed by atoms with Crippen LogP contribution >= 0.6 is 0 Å². The summed E-state index contributed by atoms with van der Waals surface area (Å²) in [5, 5.41) is 14.4. The van der Waals surface area contributed by atoms with E-state index >= 15 is 0 Å². The van der Waals surface area contributed by atoms with Crippen molar-refractivity contribution in [1.82, 2.24) is 10.6 Å². The maximum atomic E-state index is 12.7. The Balaban J connectivity index is 1.84. The van der Waals surface area contributed by atoms with Gasteiger partial charge in [0.1, 0.15) is 0 Å². The van der Waals surface area contributed by atoms with Gasteiger partial charge in [0.05, 0.1) is 5.92 Å². The number of carbonyl (C=O) groups is 2. The summed E-state index contributed by atoms with van der Waals surface area (Å²) in [5.41, 5.74) is 0.971. The number of benzene rings is 1. The molecule has 0 aromatic heterocycles. The number of carbonyl (C=O) groups excluding carboxylic acids is 1. The third-order valence-electron chi connectivity index (χ3n) is 4.89. The fourth-order valence-corrected chi connectivity index (χ4v) is 3.40. The molecule has 27 heavy (non-hydrogen) atoms. The Hall–Kier alpha value is -2.25. The van der Waals surface area contributed by atoms with E-state index in [1.54, 1.807) is 0 Å². The molecule has 1 aliphatic rings. The number of hydrogen-bond acceptors (Lipinski definition) is 2. The largest absolute Gasteiger partial charge is 0.481 e. The number of rotatable bonds is 7. The van der Waals surface area contributed by atoms with E-state index in [-0.39, 0.29) is 50.6 Å². The topological polar surface area (TPSA) is 78.4 Å². The van der Waals surface area contributed by atoms with Crippen molar-refractivity contribution in [2.24, 2.45) is 5.92 Å². The van der Waals surface area contributed by atoms with Crippen molar-refractivity contribution < 1.29 is 27.9 Å². The SMILES string of the molecule is O=C(O)CCC(Cc1ccccc1)NC(=O)NC1CCC(C(F)(F)F)CC1. The average molecular weight is 386 g/mol. The van der Waals surface area contributed by atoms with Crippen LogP contribution in [0.25, 0.3) is 0 Å². The number of amides is 2. The van der Waals surface area contributed by atoms with E-state index in [2.05, 4.69) is 10.6 Å². The van der Waals surface area contributed by atoms with Crippen LogP contribution in [0.4, 0.5) is 18.0 Å². The lowest BCUT2D eigenvalue weighted by atomic mass is 9.85. The van der Waals surface area contributed by atoms with Crippen LogP contribution in [-0.4, -0.2) is 35.4 Å². The van der Waals surface area contributed by atoms with Crippen molar-refractivity contribution in [2.75, 3.05) is 0 Å². The molecule has 150 valence electrons. The van der Waals surface area contributed by atoms with Crippen molar-refractivity contribution in [1.29, 1.82) is 0 Å². The summed E-state index contributed by atoms with van der Waals surface area (Å²) in [4.78, 5) is 23.1. The maximum absolute atomic E-state index is 12.7. The molecule has 1 fully saturated rings. The van der Waals surface area contributed by atoms with Gasteiger partial charge in [-0.3, -0.25) is 4.79 Å². The number of nitrogens with one attached hydrogen (secondary N) is 2. The minimum atomic E-state index is -4.18. The zero-order valence-corrected chi connectivity index (χ0v) is 15.0. The van der Waals surface area contributed by atoms with Crippen LogP contribution in [0.5, 0.6) is 0 Å². The highest BCUT2D eigenvalue weighted by Gasteiger charge is 2.41. The molecule has 2 rings (SSSR count). The van der Waals surface area contributed by atoms with Gasteiger partial charge in [0.2, 0.25) is 0 Å². The maximum Gasteiger partial charge on any atom is 0.391 e. The molecule has 0 radical (unpaired) electrons. The van der Waals surface area contributed by atoms with Crippen LogP contribution in [-0.2, 0) is 11.2 Å². The third-order valence-corrected chi connectivity index (χ3v) is 4.89. The number of carboxylic acid groups (broad SMARTS) is 1. The monoisotopic (exact) mass is 386 g/mol. The zero-order chi connectivity index (χ0) is 19.9. The number of hydrogen-bond donors (Lipinski definition) is 3. The molecule has 1 aromatic rings. The quantitative estimate of drug-likeness (QED) is 0.665. The van der Waals surface area contributed by atoms with Gasteiger partial charge >= 0.3 is 18.2 Å². The second kappa shape index (κ2) is 9.62. The zero-order valence-electron chi connectivity index (χ0n) is 15.0. The molecular weight excluding hydrogens is 361 g/mol. The average Bonchev–Trinajstić information content (AvgIpc) is 2.60. The van der Waals surface area contributed by atoms with Crippen LogP contribution < -0.4 is 10.6 Å². The van der Waals surface area contributed by atoms with Gasteiger partial charge in [-0.05, 0) is 44.1 Å². The highest BCUT2D eigenvalue weighted by molar-refractivity contribution is 5.74. The Morgan fingerprint density at radius 2 is 1.74 bits per heavy atom. The summed E-state index contributed by atoms with van der Waals surface area (Å²) in [6.45, 7) is 0. The van der Waals surface area contributed by atoms with Gasteiger partial charge in [-0.15, -0.1) is 0 Å². The van der Waals surface area contributed by atoms with Crippen molar-refractivity contribution in [3.63, 3.8) is 0 Å². The molecule has 1 atom stereocenters. The molecule has 0 saturated heterocycles. The van der Waals surface area contributed by atoms with Crippen LogP contribution in [0, 0.1) is 5.92 Å². The summed E-state index contributed by atoms with van der Waals surface area (Å²) in [6.07, 6.45) is -2.88. The van der Waals surface area contributed by atoms with E-state index in [4.69, 9.17) is 5.11 Å². The van der Waals surface area contributed by atoms with E-state index < -0.39 is 24.1 Å². The highest BCUT2D eigenvalue weighted by Crippen LogP contribution is 2.37. The van der Waals surface area contributed by atoms with E-state index in [0.29, 0.717) is 6.42 Å². The number of carboxylic acids is 1. The van der Waals surface area contributed by atoms with Crippen LogP contribution in [0.2, 0.25) is 0 Å². The third kappa shape index (κ3) is 7.48. The van der Waals surface area contributed by atoms with Gasteiger partial charge < -0.3 is 15.7 Å². The first kappa shape index (κ1) is 21.1. The first-order valence-electron chi connectivity index (χ1n) is 9.13. The lowest BCUT2D eigenvalue weighted by Crippen LogP contribution is -2.48. The molecule has 5 nitrogen and oxygen atoms in total. The second-order valence-electron chi connectivity index (χ2n) is 7.03. The van der Waals surface area contributed by atoms with Crippen LogP contribution in [0.3, 0.4) is 0 Å².